The summed E-state index contributed by atoms with van der Waals surface area (Å²) in [5, 5.41) is 7.34. The van der Waals surface area contributed by atoms with Gasteiger partial charge < -0.3 is 9.84 Å². The quantitative estimate of drug-likeness (QED) is 0.852. The zero-order chi connectivity index (χ0) is 10.8. The molecule has 1 aliphatic carbocycles. The molecule has 0 bridgehead atoms. The van der Waals surface area contributed by atoms with Crippen molar-refractivity contribution in [3.05, 3.63) is 17.6 Å². The van der Waals surface area contributed by atoms with Crippen LogP contribution in [0, 0.1) is 0 Å². The van der Waals surface area contributed by atoms with E-state index in [4.69, 9.17) is 4.52 Å². The van der Waals surface area contributed by atoms with Crippen LogP contribution in [-0.2, 0) is 6.42 Å². The summed E-state index contributed by atoms with van der Waals surface area (Å²) in [6.07, 6.45) is 5.15. The molecule has 1 N–H and O–H groups in total. The molecular formula is C10H12N4OS. The highest BCUT2D eigenvalue weighted by atomic mass is 32.1. The first-order valence-corrected chi connectivity index (χ1v) is 6.24. The fraction of sp³-hybridized carbons (Fsp3) is 0.500. The predicted molar refractivity (Wildman–Crippen MR) is 60.1 cm³/mol. The molecule has 0 atom stereocenters. The molecule has 0 amide bonds. The Kier molecular flexibility index (Phi) is 2.67. The topological polar surface area (TPSA) is 63.8 Å². The van der Waals surface area contributed by atoms with Crippen molar-refractivity contribution >= 4 is 11.3 Å². The second-order valence-corrected chi connectivity index (χ2v) is 4.74. The molecule has 5 nitrogen and oxygen atoms in total. The molecule has 1 fully saturated rings. The molecule has 2 aromatic rings. The van der Waals surface area contributed by atoms with Gasteiger partial charge in [0.05, 0.1) is 10.4 Å². The van der Waals surface area contributed by atoms with Crippen LogP contribution in [0.15, 0.2) is 16.2 Å². The lowest BCUT2D eigenvalue weighted by Gasteiger charge is -1.96. The van der Waals surface area contributed by atoms with Crippen LogP contribution in [0.1, 0.15) is 18.7 Å². The number of rotatable bonds is 5. The minimum Gasteiger partial charge on any atom is -0.339 e. The third-order valence-electron chi connectivity index (χ3n) is 2.47. The first-order chi connectivity index (χ1) is 7.92. The fourth-order valence-corrected chi connectivity index (χ4v) is 2.00. The van der Waals surface area contributed by atoms with Crippen molar-refractivity contribution in [1.29, 1.82) is 0 Å². The van der Waals surface area contributed by atoms with Crippen LogP contribution in [0.25, 0.3) is 10.7 Å². The Balaban J connectivity index is 1.59. The van der Waals surface area contributed by atoms with Gasteiger partial charge in [-0.05, 0) is 12.8 Å². The van der Waals surface area contributed by atoms with Crippen LogP contribution in [0.3, 0.4) is 0 Å². The number of aromatic nitrogens is 3. The lowest BCUT2D eigenvalue weighted by molar-refractivity contribution is 0.376. The molecule has 6 heteroatoms. The first-order valence-electron chi connectivity index (χ1n) is 5.36. The molecular weight excluding hydrogens is 224 g/mol. The third kappa shape index (κ3) is 2.28. The van der Waals surface area contributed by atoms with E-state index in [0.29, 0.717) is 11.7 Å². The monoisotopic (exact) mass is 236 g/mol. The zero-order valence-corrected chi connectivity index (χ0v) is 9.54. The second kappa shape index (κ2) is 4.31. The zero-order valence-electron chi connectivity index (χ0n) is 8.72. The van der Waals surface area contributed by atoms with E-state index in [0.717, 1.165) is 23.9 Å². The van der Waals surface area contributed by atoms with E-state index in [9.17, 15) is 0 Å². The molecule has 16 heavy (non-hydrogen) atoms. The summed E-state index contributed by atoms with van der Waals surface area (Å²) in [5.74, 6) is 1.33. The molecule has 1 aliphatic rings. The summed E-state index contributed by atoms with van der Waals surface area (Å²) in [6, 6.07) is 0.726. The molecule has 2 aromatic heterocycles. The second-order valence-electron chi connectivity index (χ2n) is 3.86. The van der Waals surface area contributed by atoms with Gasteiger partial charge >= 0.3 is 0 Å². The van der Waals surface area contributed by atoms with Gasteiger partial charge in [-0.2, -0.15) is 4.98 Å². The normalized spacial score (nSPS) is 15.5. The molecule has 0 aromatic carbocycles. The van der Waals surface area contributed by atoms with Gasteiger partial charge in [-0.25, -0.2) is 0 Å². The Hall–Kier alpha value is -1.27. The van der Waals surface area contributed by atoms with Crippen molar-refractivity contribution in [1.82, 2.24) is 20.4 Å². The van der Waals surface area contributed by atoms with E-state index in [1.807, 2.05) is 0 Å². The van der Waals surface area contributed by atoms with Gasteiger partial charge in [0.1, 0.15) is 0 Å². The summed E-state index contributed by atoms with van der Waals surface area (Å²) in [4.78, 5) is 9.26. The average Bonchev–Trinajstić information content (AvgIpc) is 2.83. The van der Waals surface area contributed by atoms with Gasteiger partial charge in [0.2, 0.25) is 11.7 Å². The third-order valence-corrected chi connectivity index (χ3v) is 3.24. The minimum absolute atomic E-state index is 0.643. The maximum absolute atomic E-state index is 5.17. The summed E-state index contributed by atoms with van der Waals surface area (Å²) in [5.41, 5.74) is 1.76. The van der Waals surface area contributed by atoms with E-state index >= 15 is 0 Å². The van der Waals surface area contributed by atoms with Crippen molar-refractivity contribution < 1.29 is 4.52 Å². The van der Waals surface area contributed by atoms with E-state index in [1.54, 1.807) is 11.7 Å². The van der Waals surface area contributed by atoms with Crippen molar-refractivity contribution in [3.8, 4) is 10.7 Å². The largest absolute Gasteiger partial charge is 0.339 e. The van der Waals surface area contributed by atoms with E-state index in [2.05, 4.69) is 20.4 Å². The molecule has 84 valence electrons. The van der Waals surface area contributed by atoms with Crippen LogP contribution in [0.2, 0.25) is 0 Å². The summed E-state index contributed by atoms with van der Waals surface area (Å²) >= 11 is 1.52. The Labute approximate surface area is 96.9 Å². The van der Waals surface area contributed by atoms with Crippen LogP contribution in [-0.4, -0.2) is 27.7 Å². The number of hydrogen-bond donors (Lipinski definition) is 1. The fourth-order valence-electron chi connectivity index (χ4n) is 1.45. The van der Waals surface area contributed by atoms with E-state index in [1.165, 1.54) is 24.2 Å². The Bertz CT molecular complexity index is 449. The summed E-state index contributed by atoms with van der Waals surface area (Å²) in [6.45, 7) is 0.912. The van der Waals surface area contributed by atoms with E-state index < -0.39 is 0 Å². The highest BCUT2D eigenvalue weighted by Gasteiger charge is 2.20. The standard InChI is InChI=1S/C10H12N4OS/c1-2-7(1)12-4-3-9-13-10(14-15-9)8-5-11-6-16-8/h5-7,12H,1-4H2. The SMILES string of the molecule is c1ncc(-c2noc(CCNC3CC3)n2)s1. The Morgan fingerprint density at radius 1 is 1.50 bits per heavy atom. The van der Waals surface area contributed by atoms with Crippen molar-refractivity contribution in [2.24, 2.45) is 0 Å². The van der Waals surface area contributed by atoms with Crippen molar-refractivity contribution in [2.75, 3.05) is 6.54 Å². The molecule has 3 rings (SSSR count). The predicted octanol–water partition coefficient (Wildman–Crippen LogP) is 1.49. The van der Waals surface area contributed by atoms with Crippen molar-refractivity contribution in [2.45, 2.75) is 25.3 Å². The molecule has 2 heterocycles. The van der Waals surface area contributed by atoms with Gasteiger partial charge in [-0.3, -0.25) is 4.98 Å². The van der Waals surface area contributed by atoms with Crippen LogP contribution in [0.4, 0.5) is 0 Å². The van der Waals surface area contributed by atoms with Gasteiger partial charge in [-0.1, -0.05) is 5.16 Å². The number of thiazole rings is 1. The Morgan fingerprint density at radius 2 is 2.44 bits per heavy atom. The highest BCUT2D eigenvalue weighted by Crippen LogP contribution is 2.20. The molecule has 0 saturated heterocycles. The first kappa shape index (κ1) is 9.92. The Morgan fingerprint density at radius 3 is 3.19 bits per heavy atom. The van der Waals surface area contributed by atoms with Gasteiger partial charge in [0.15, 0.2) is 0 Å². The lowest BCUT2D eigenvalue weighted by Crippen LogP contribution is -2.19. The van der Waals surface area contributed by atoms with Gasteiger partial charge in [0, 0.05) is 25.2 Å². The maximum atomic E-state index is 5.17. The highest BCUT2D eigenvalue weighted by molar-refractivity contribution is 7.13. The number of hydrogen-bond acceptors (Lipinski definition) is 6. The van der Waals surface area contributed by atoms with E-state index in [-0.39, 0.29) is 0 Å². The number of nitrogens with zero attached hydrogens (tertiary/aromatic N) is 3. The van der Waals surface area contributed by atoms with Crippen LogP contribution >= 0.6 is 11.3 Å². The maximum Gasteiger partial charge on any atom is 0.228 e. The molecule has 0 spiro atoms. The van der Waals surface area contributed by atoms with Crippen LogP contribution in [0.5, 0.6) is 0 Å². The summed E-state index contributed by atoms with van der Waals surface area (Å²) in [7, 11) is 0. The summed E-state index contributed by atoms with van der Waals surface area (Å²) < 4.78 is 5.17. The van der Waals surface area contributed by atoms with Gasteiger partial charge in [-0.15, -0.1) is 11.3 Å². The molecule has 0 radical (unpaired) electrons. The molecule has 0 aliphatic heterocycles. The van der Waals surface area contributed by atoms with Gasteiger partial charge in [0.25, 0.3) is 0 Å². The molecule has 0 unspecified atom stereocenters. The average molecular weight is 236 g/mol. The smallest absolute Gasteiger partial charge is 0.228 e. The minimum atomic E-state index is 0.643. The molecule has 1 saturated carbocycles. The van der Waals surface area contributed by atoms with Crippen molar-refractivity contribution in [3.63, 3.8) is 0 Å². The van der Waals surface area contributed by atoms with Crippen LogP contribution < -0.4 is 5.32 Å². The number of nitrogens with one attached hydrogen (secondary N) is 1. The lowest BCUT2D eigenvalue weighted by atomic mass is 10.4.